The topological polar surface area (TPSA) is 113 Å². The second-order valence-electron chi connectivity index (χ2n) is 4.91. The Kier molecular flexibility index (Phi) is 3.85. The molecule has 0 unspecified atom stereocenters. The standard InChI is InChI=1S/C11H17N3O5S/c1-6-4-14(5-7(2)19-6)20(17,18)10-8(3)12-13-9(10)11(15)16/h6-7H,4-5H2,1-3H3,(H,12,13)(H,15,16)/t6-,7+. The average molecular weight is 303 g/mol. The molecular formula is C11H17N3O5S. The highest BCUT2D eigenvalue weighted by atomic mass is 32.2. The maximum atomic E-state index is 12.6. The third-order valence-electron chi connectivity index (χ3n) is 3.08. The van der Waals surface area contributed by atoms with Crippen molar-refractivity contribution in [3.63, 3.8) is 0 Å². The Hall–Kier alpha value is -1.45. The summed E-state index contributed by atoms with van der Waals surface area (Å²) < 4.78 is 32.0. The monoisotopic (exact) mass is 303 g/mol. The Bertz CT molecular complexity index is 614. The fraction of sp³-hybridized carbons (Fsp3) is 0.636. The second kappa shape index (κ2) is 5.15. The number of carboxylic acid groups (broad SMARTS) is 1. The first-order valence-corrected chi connectivity index (χ1v) is 7.61. The van der Waals surface area contributed by atoms with Gasteiger partial charge in [-0.25, -0.2) is 13.2 Å². The predicted octanol–water partition coefficient (Wildman–Crippen LogP) is 0.214. The van der Waals surface area contributed by atoms with Gasteiger partial charge in [-0.05, 0) is 20.8 Å². The zero-order chi connectivity index (χ0) is 15.1. The van der Waals surface area contributed by atoms with Crippen molar-refractivity contribution < 1.29 is 23.1 Å². The van der Waals surface area contributed by atoms with Crippen molar-refractivity contribution in [3.8, 4) is 0 Å². The van der Waals surface area contributed by atoms with E-state index in [1.54, 1.807) is 13.8 Å². The molecule has 2 rings (SSSR count). The van der Waals surface area contributed by atoms with Crippen LogP contribution in [0.3, 0.4) is 0 Å². The van der Waals surface area contributed by atoms with Crippen LogP contribution in [0.15, 0.2) is 4.90 Å². The summed E-state index contributed by atoms with van der Waals surface area (Å²) in [6.45, 7) is 5.42. The second-order valence-corrected chi connectivity index (χ2v) is 6.79. The summed E-state index contributed by atoms with van der Waals surface area (Å²) in [5, 5.41) is 15.0. The van der Waals surface area contributed by atoms with Gasteiger partial charge in [-0.15, -0.1) is 0 Å². The van der Waals surface area contributed by atoms with E-state index < -0.39 is 21.7 Å². The minimum absolute atomic E-state index is 0.191. The van der Waals surface area contributed by atoms with E-state index in [4.69, 9.17) is 9.84 Å². The molecule has 0 aliphatic carbocycles. The van der Waals surface area contributed by atoms with Crippen LogP contribution in [0, 0.1) is 6.92 Å². The van der Waals surface area contributed by atoms with Gasteiger partial charge >= 0.3 is 5.97 Å². The summed E-state index contributed by atoms with van der Waals surface area (Å²) in [7, 11) is -3.91. The smallest absolute Gasteiger partial charge is 0.357 e. The zero-order valence-electron chi connectivity index (χ0n) is 11.5. The van der Waals surface area contributed by atoms with Crippen LogP contribution in [0.25, 0.3) is 0 Å². The summed E-state index contributed by atoms with van der Waals surface area (Å²) in [6, 6.07) is 0. The lowest BCUT2D eigenvalue weighted by Gasteiger charge is -2.34. The molecule has 1 aromatic rings. The maximum absolute atomic E-state index is 12.6. The number of morpholine rings is 1. The molecule has 1 saturated heterocycles. The highest BCUT2D eigenvalue weighted by Crippen LogP contribution is 2.25. The van der Waals surface area contributed by atoms with Gasteiger partial charge in [0.05, 0.1) is 17.9 Å². The van der Waals surface area contributed by atoms with E-state index in [-0.39, 0.29) is 35.9 Å². The van der Waals surface area contributed by atoms with Gasteiger partial charge in [0.1, 0.15) is 4.90 Å². The molecule has 0 spiro atoms. The van der Waals surface area contributed by atoms with Crippen LogP contribution in [0.4, 0.5) is 0 Å². The third-order valence-corrected chi connectivity index (χ3v) is 5.07. The average Bonchev–Trinajstić information content (AvgIpc) is 2.70. The Morgan fingerprint density at radius 1 is 1.40 bits per heavy atom. The van der Waals surface area contributed by atoms with E-state index in [1.165, 1.54) is 11.2 Å². The number of rotatable bonds is 3. The number of carbonyl (C=O) groups is 1. The number of aryl methyl sites for hydroxylation is 1. The van der Waals surface area contributed by atoms with E-state index in [0.29, 0.717) is 0 Å². The molecule has 2 heterocycles. The van der Waals surface area contributed by atoms with Gasteiger partial charge < -0.3 is 9.84 Å². The Labute approximate surface area is 116 Å². The Morgan fingerprint density at radius 3 is 2.45 bits per heavy atom. The van der Waals surface area contributed by atoms with Gasteiger partial charge in [-0.1, -0.05) is 0 Å². The molecule has 1 aliphatic rings. The van der Waals surface area contributed by atoms with E-state index in [1.807, 2.05) is 0 Å². The van der Waals surface area contributed by atoms with Crippen molar-refractivity contribution in [2.75, 3.05) is 13.1 Å². The van der Waals surface area contributed by atoms with Gasteiger partial charge in [-0.2, -0.15) is 9.40 Å². The van der Waals surface area contributed by atoms with E-state index in [2.05, 4.69) is 10.2 Å². The van der Waals surface area contributed by atoms with Crippen molar-refractivity contribution in [3.05, 3.63) is 11.4 Å². The molecule has 20 heavy (non-hydrogen) atoms. The molecule has 0 bridgehead atoms. The first kappa shape index (κ1) is 14.9. The first-order valence-electron chi connectivity index (χ1n) is 6.17. The number of sulfonamides is 1. The zero-order valence-corrected chi connectivity index (χ0v) is 12.3. The number of ether oxygens (including phenoxy) is 1. The number of aromatic carboxylic acids is 1. The molecular weight excluding hydrogens is 286 g/mol. The van der Waals surface area contributed by atoms with Crippen molar-refractivity contribution in [1.29, 1.82) is 0 Å². The minimum Gasteiger partial charge on any atom is -0.476 e. The van der Waals surface area contributed by atoms with Gasteiger partial charge in [0.2, 0.25) is 10.0 Å². The molecule has 112 valence electrons. The number of nitrogens with zero attached hydrogens (tertiary/aromatic N) is 2. The number of hydrogen-bond acceptors (Lipinski definition) is 5. The van der Waals surface area contributed by atoms with Crippen molar-refractivity contribution in [1.82, 2.24) is 14.5 Å². The molecule has 9 heteroatoms. The summed E-state index contributed by atoms with van der Waals surface area (Å²) >= 11 is 0. The van der Waals surface area contributed by atoms with Crippen LogP contribution < -0.4 is 0 Å². The third kappa shape index (κ3) is 2.56. The number of H-pyrrole nitrogens is 1. The molecule has 1 fully saturated rings. The summed E-state index contributed by atoms with van der Waals surface area (Å²) in [5.41, 5.74) is -0.261. The summed E-state index contributed by atoms with van der Waals surface area (Å²) in [6.07, 6.45) is -0.483. The SMILES string of the molecule is Cc1[nH]nc(C(=O)O)c1S(=O)(=O)N1C[C@@H](C)O[C@@H](C)C1. The van der Waals surface area contributed by atoms with Crippen LogP contribution in [0.5, 0.6) is 0 Å². The van der Waals surface area contributed by atoms with Gasteiger partial charge in [-0.3, -0.25) is 5.10 Å². The highest BCUT2D eigenvalue weighted by molar-refractivity contribution is 7.89. The van der Waals surface area contributed by atoms with E-state index in [9.17, 15) is 13.2 Å². The number of hydrogen-bond donors (Lipinski definition) is 2. The lowest BCUT2D eigenvalue weighted by molar-refractivity contribution is -0.0441. The fourth-order valence-corrected chi connectivity index (χ4v) is 4.22. The predicted molar refractivity (Wildman–Crippen MR) is 69.1 cm³/mol. The molecule has 0 aromatic carbocycles. The molecule has 2 N–H and O–H groups in total. The molecule has 0 radical (unpaired) electrons. The summed E-state index contributed by atoms with van der Waals surface area (Å²) in [4.78, 5) is 10.8. The normalized spacial score (nSPS) is 24.8. The molecule has 0 saturated carbocycles. The lowest BCUT2D eigenvalue weighted by Crippen LogP contribution is -2.48. The molecule has 1 aromatic heterocycles. The van der Waals surface area contributed by atoms with Crippen LogP contribution in [-0.2, 0) is 14.8 Å². The minimum atomic E-state index is -3.91. The van der Waals surface area contributed by atoms with Crippen molar-refractivity contribution in [2.45, 2.75) is 37.9 Å². The van der Waals surface area contributed by atoms with E-state index in [0.717, 1.165) is 0 Å². The number of carboxylic acids is 1. The van der Waals surface area contributed by atoms with Gasteiger partial charge in [0, 0.05) is 13.1 Å². The van der Waals surface area contributed by atoms with Crippen molar-refractivity contribution in [2.24, 2.45) is 0 Å². The Morgan fingerprint density at radius 2 is 1.95 bits per heavy atom. The number of nitrogens with one attached hydrogen (secondary N) is 1. The van der Waals surface area contributed by atoms with Crippen LogP contribution in [0.1, 0.15) is 30.0 Å². The molecule has 2 atom stereocenters. The first-order chi connectivity index (χ1) is 9.23. The molecule has 8 nitrogen and oxygen atoms in total. The Balaban J connectivity index is 2.45. The summed E-state index contributed by atoms with van der Waals surface area (Å²) in [5.74, 6) is -1.37. The lowest BCUT2D eigenvalue weighted by atomic mass is 10.3. The largest absolute Gasteiger partial charge is 0.476 e. The fourth-order valence-electron chi connectivity index (χ4n) is 2.34. The van der Waals surface area contributed by atoms with Crippen LogP contribution in [-0.4, -0.2) is 59.3 Å². The number of aromatic amines is 1. The van der Waals surface area contributed by atoms with Gasteiger partial charge in [0.15, 0.2) is 5.69 Å². The van der Waals surface area contributed by atoms with Crippen molar-refractivity contribution >= 4 is 16.0 Å². The number of aromatic nitrogens is 2. The van der Waals surface area contributed by atoms with Crippen LogP contribution in [0.2, 0.25) is 0 Å². The van der Waals surface area contributed by atoms with Gasteiger partial charge in [0.25, 0.3) is 0 Å². The maximum Gasteiger partial charge on any atom is 0.357 e. The quantitative estimate of drug-likeness (QED) is 0.825. The molecule has 0 amide bonds. The van der Waals surface area contributed by atoms with Crippen LogP contribution >= 0.6 is 0 Å². The highest BCUT2D eigenvalue weighted by Gasteiger charge is 2.37. The molecule has 1 aliphatic heterocycles. The van der Waals surface area contributed by atoms with E-state index >= 15 is 0 Å².